The molecule has 0 aromatic carbocycles. The summed E-state index contributed by atoms with van der Waals surface area (Å²) in [6.07, 6.45) is 3.41. The van der Waals surface area contributed by atoms with Gasteiger partial charge in [0.1, 0.15) is 0 Å². The minimum Gasteiger partial charge on any atom is -0.469 e. The van der Waals surface area contributed by atoms with Gasteiger partial charge in [-0.2, -0.15) is 0 Å². The van der Waals surface area contributed by atoms with Gasteiger partial charge in [0.2, 0.25) is 0 Å². The first-order valence-corrected chi connectivity index (χ1v) is 5.45. The molecule has 2 rings (SSSR count). The van der Waals surface area contributed by atoms with Crippen LogP contribution in [0, 0.1) is 11.8 Å². The number of hydrogen-bond acceptors (Lipinski definition) is 3. The summed E-state index contributed by atoms with van der Waals surface area (Å²) in [6.45, 7) is 2.25. The van der Waals surface area contributed by atoms with E-state index in [-0.39, 0.29) is 11.9 Å². The molecule has 0 saturated carbocycles. The van der Waals surface area contributed by atoms with Gasteiger partial charge in [0.25, 0.3) is 0 Å². The number of hydrogen-bond donors (Lipinski definition) is 0. The van der Waals surface area contributed by atoms with Crippen molar-refractivity contribution in [3.05, 3.63) is 0 Å². The molecule has 3 heteroatoms. The zero-order valence-electron chi connectivity index (χ0n) is 9.19. The predicted molar refractivity (Wildman–Crippen MR) is 53.9 cm³/mol. The van der Waals surface area contributed by atoms with Gasteiger partial charge in [-0.15, -0.1) is 0 Å². The van der Waals surface area contributed by atoms with Crippen LogP contribution in [0.2, 0.25) is 0 Å². The minimum absolute atomic E-state index is 0.0194. The summed E-state index contributed by atoms with van der Waals surface area (Å²) < 4.78 is 4.87. The molecule has 2 fully saturated rings. The van der Waals surface area contributed by atoms with Gasteiger partial charge in [-0.1, -0.05) is 6.92 Å². The van der Waals surface area contributed by atoms with E-state index >= 15 is 0 Å². The summed E-state index contributed by atoms with van der Waals surface area (Å²) in [6, 6.07) is 1.12. The summed E-state index contributed by atoms with van der Waals surface area (Å²) in [7, 11) is 3.64. The number of esters is 1. The number of nitrogens with zero attached hydrogens (tertiary/aromatic N) is 1. The fourth-order valence-corrected chi connectivity index (χ4v) is 3.33. The molecule has 0 aromatic heterocycles. The van der Waals surface area contributed by atoms with Gasteiger partial charge in [-0.3, -0.25) is 9.69 Å². The van der Waals surface area contributed by atoms with Gasteiger partial charge in [0, 0.05) is 12.1 Å². The molecule has 0 radical (unpaired) electrons. The molecule has 0 N–H and O–H groups in total. The molecule has 2 aliphatic heterocycles. The summed E-state index contributed by atoms with van der Waals surface area (Å²) in [5.41, 5.74) is 0. The third-order valence-corrected chi connectivity index (χ3v) is 4.00. The lowest BCUT2D eigenvalue weighted by Gasteiger charge is -2.37. The Kier molecular flexibility index (Phi) is 2.52. The van der Waals surface area contributed by atoms with E-state index in [0.717, 1.165) is 12.8 Å². The highest BCUT2D eigenvalue weighted by molar-refractivity contribution is 5.73. The molecule has 0 amide bonds. The summed E-state index contributed by atoms with van der Waals surface area (Å²) >= 11 is 0. The maximum atomic E-state index is 11.6. The second kappa shape index (κ2) is 3.54. The smallest absolute Gasteiger partial charge is 0.310 e. The van der Waals surface area contributed by atoms with Crippen LogP contribution >= 0.6 is 0 Å². The largest absolute Gasteiger partial charge is 0.469 e. The number of rotatable bonds is 1. The first kappa shape index (κ1) is 9.97. The van der Waals surface area contributed by atoms with Crippen LogP contribution in [0.3, 0.4) is 0 Å². The predicted octanol–water partition coefficient (Wildman–Crippen LogP) is 1.28. The van der Waals surface area contributed by atoms with E-state index in [0.29, 0.717) is 18.0 Å². The number of ether oxygens (including phenoxy) is 1. The van der Waals surface area contributed by atoms with Crippen molar-refractivity contribution in [3.63, 3.8) is 0 Å². The molecule has 0 spiro atoms. The highest BCUT2D eigenvalue weighted by Crippen LogP contribution is 2.41. The minimum atomic E-state index is -0.0194. The Morgan fingerprint density at radius 1 is 1.43 bits per heavy atom. The topological polar surface area (TPSA) is 29.5 Å². The molecule has 3 nitrogen and oxygen atoms in total. The SMILES string of the molecule is COC(=O)C1CCC2CC(C)C1N2C. The first-order chi connectivity index (χ1) is 6.65. The standard InChI is InChI=1S/C11H19NO2/c1-7-6-8-4-5-9(11(13)14-3)10(7)12(8)2/h7-10H,4-6H2,1-3H3. The van der Waals surface area contributed by atoms with Gasteiger partial charge in [-0.25, -0.2) is 0 Å². The van der Waals surface area contributed by atoms with Crippen LogP contribution in [0.1, 0.15) is 26.2 Å². The normalized spacial score (nSPS) is 42.5. The number of carbonyl (C=O) groups excluding carboxylic acids is 1. The first-order valence-electron chi connectivity index (χ1n) is 5.45. The lowest BCUT2D eigenvalue weighted by molar-refractivity contribution is -0.149. The van der Waals surface area contributed by atoms with E-state index in [9.17, 15) is 4.79 Å². The monoisotopic (exact) mass is 197 g/mol. The molecular formula is C11H19NO2. The molecule has 4 atom stereocenters. The maximum absolute atomic E-state index is 11.6. The molecule has 2 saturated heterocycles. The third kappa shape index (κ3) is 1.34. The highest BCUT2D eigenvalue weighted by Gasteiger charge is 2.47. The molecule has 2 bridgehead atoms. The maximum Gasteiger partial charge on any atom is 0.310 e. The van der Waals surface area contributed by atoms with Gasteiger partial charge >= 0.3 is 5.97 Å². The quantitative estimate of drug-likeness (QED) is 0.593. The lowest BCUT2D eigenvalue weighted by atomic mass is 9.87. The second-order valence-electron chi connectivity index (χ2n) is 4.73. The summed E-state index contributed by atoms with van der Waals surface area (Å²) in [4.78, 5) is 14.0. The van der Waals surface area contributed by atoms with Crippen LogP contribution in [0.25, 0.3) is 0 Å². The van der Waals surface area contributed by atoms with E-state index in [1.165, 1.54) is 13.5 Å². The van der Waals surface area contributed by atoms with E-state index in [1.807, 2.05) is 0 Å². The lowest BCUT2D eigenvalue weighted by Crippen LogP contribution is -2.46. The molecule has 4 unspecified atom stereocenters. The molecule has 0 aromatic rings. The summed E-state index contributed by atoms with van der Waals surface area (Å²) in [5.74, 6) is 0.726. The average molecular weight is 197 g/mol. The van der Waals surface area contributed by atoms with E-state index < -0.39 is 0 Å². The molecule has 80 valence electrons. The van der Waals surface area contributed by atoms with Crippen molar-refractivity contribution in [1.82, 2.24) is 4.90 Å². The van der Waals surface area contributed by atoms with Crippen LogP contribution < -0.4 is 0 Å². The number of carbonyl (C=O) groups is 1. The molecule has 14 heavy (non-hydrogen) atoms. The number of fused-ring (bicyclic) bond motifs is 2. The Hall–Kier alpha value is -0.570. The van der Waals surface area contributed by atoms with Crippen LogP contribution in [0.5, 0.6) is 0 Å². The van der Waals surface area contributed by atoms with Gasteiger partial charge < -0.3 is 4.74 Å². The van der Waals surface area contributed by atoms with Crippen molar-refractivity contribution >= 4 is 5.97 Å². The van der Waals surface area contributed by atoms with Crippen LogP contribution in [-0.2, 0) is 9.53 Å². The van der Waals surface area contributed by atoms with Crippen molar-refractivity contribution in [2.45, 2.75) is 38.3 Å². The van der Waals surface area contributed by atoms with Crippen molar-refractivity contribution in [3.8, 4) is 0 Å². The highest BCUT2D eigenvalue weighted by atomic mass is 16.5. The van der Waals surface area contributed by atoms with E-state index in [2.05, 4.69) is 18.9 Å². The van der Waals surface area contributed by atoms with Crippen molar-refractivity contribution in [2.75, 3.05) is 14.2 Å². The molecule has 2 aliphatic rings. The zero-order valence-corrected chi connectivity index (χ0v) is 9.19. The van der Waals surface area contributed by atoms with Crippen molar-refractivity contribution in [1.29, 1.82) is 0 Å². The Balaban J connectivity index is 2.17. The van der Waals surface area contributed by atoms with Crippen molar-refractivity contribution in [2.24, 2.45) is 11.8 Å². The van der Waals surface area contributed by atoms with Gasteiger partial charge in [-0.05, 0) is 32.2 Å². The Morgan fingerprint density at radius 2 is 2.14 bits per heavy atom. The molecule has 2 heterocycles. The molecule has 0 aliphatic carbocycles. The van der Waals surface area contributed by atoms with Crippen LogP contribution in [0.4, 0.5) is 0 Å². The summed E-state index contributed by atoms with van der Waals surface area (Å²) in [5, 5.41) is 0. The Bertz CT molecular complexity index is 241. The Morgan fingerprint density at radius 3 is 2.79 bits per heavy atom. The Labute approximate surface area is 85.4 Å². The third-order valence-electron chi connectivity index (χ3n) is 4.00. The van der Waals surface area contributed by atoms with E-state index in [1.54, 1.807) is 0 Å². The average Bonchev–Trinajstić information content (AvgIpc) is 2.38. The molecular weight excluding hydrogens is 178 g/mol. The van der Waals surface area contributed by atoms with E-state index in [4.69, 9.17) is 4.74 Å². The number of piperidine rings is 1. The van der Waals surface area contributed by atoms with Gasteiger partial charge in [0.05, 0.1) is 13.0 Å². The zero-order chi connectivity index (χ0) is 10.3. The van der Waals surface area contributed by atoms with Gasteiger partial charge in [0.15, 0.2) is 0 Å². The number of methoxy groups -OCH3 is 1. The van der Waals surface area contributed by atoms with Crippen molar-refractivity contribution < 1.29 is 9.53 Å². The van der Waals surface area contributed by atoms with Crippen LogP contribution in [-0.4, -0.2) is 37.1 Å². The second-order valence-corrected chi connectivity index (χ2v) is 4.73. The fraction of sp³-hybridized carbons (Fsp3) is 0.909. The van der Waals surface area contributed by atoms with Crippen LogP contribution in [0.15, 0.2) is 0 Å². The fourth-order valence-electron chi connectivity index (χ4n) is 3.33.